The highest BCUT2D eigenvalue weighted by molar-refractivity contribution is 5.95. The Morgan fingerprint density at radius 2 is 2.31 bits per heavy atom. The molecule has 0 saturated heterocycles. The molecule has 0 radical (unpaired) electrons. The molecule has 1 atom stereocenters. The van der Waals surface area contributed by atoms with Gasteiger partial charge < -0.3 is 15.4 Å². The van der Waals surface area contributed by atoms with E-state index in [0.29, 0.717) is 13.0 Å². The van der Waals surface area contributed by atoms with Gasteiger partial charge in [-0.3, -0.25) is 4.79 Å². The Bertz CT molecular complexity index is 417. The van der Waals surface area contributed by atoms with Gasteiger partial charge in [-0.25, -0.2) is 0 Å². The average Bonchev–Trinajstić information content (AvgIpc) is 2.37. The highest BCUT2D eigenvalue weighted by Crippen LogP contribution is 2.32. The molecule has 0 bridgehead atoms. The van der Waals surface area contributed by atoms with E-state index >= 15 is 0 Å². The molecule has 1 aliphatic heterocycles. The fourth-order valence-corrected chi connectivity index (χ4v) is 1.83. The first-order valence-electron chi connectivity index (χ1n) is 5.38. The predicted molar refractivity (Wildman–Crippen MR) is 62.5 cm³/mol. The minimum Gasteiger partial charge on any atom is -0.488 e. The zero-order chi connectivity index (χ0) is 11.7. The molecule has 1 aromatic rings. The van der Waals surface area contributed by atoms with Gasteiger partial charge in [-0.05, 0) is 24.6 Å². The van der Waals surface area contributed by atoms with E-state index in [1.165, 1.54) is 0 Å². The van der Waals surface area contributed by atoms with Crippen molar-refractivity contribution in [2.45, 2.75) is 26.0 Å². The second-order valence-corrected chi connectivity index (χ2v) is 4.09. The number of hydrogen-bond donors (Lipinski definition) is 1. The van der Waals surface area contributed by atoms with Crippen molar-refractivity contribution in [3.63, 3.8) is 0 Å². The minimum atomic E-state index is -0.0834. The predicted octanol–water partition coefficient (Wildman–Crippen LogP) is 1.28. The third kappa shape index (κ3) is 1.88. The van der Waals surface area contributed by atoms with Crippen molar-refractivity contribution in [3.05, 3.63) is 23.8 Å². The highest BCUT2D eigenvalue weighted by Gasteiger charge is 2.24. The van der Waals surface area contributed by atoms with E-state index in [1.807, 2.05) is 25.1 Å². The van der Waals surface area contributed by atoms with Crippen LogP contribution in [0.4, 0.5) is 5.69 Å². The SMILES string of the molecule is CC1CC(=O)N(C)c2cc(CN)ccc2O1. The molecule has 4 nitrogen and oxygen atoms in total. The molecule has 1 unspecified atom stereocenters. The Morgan fingerprint density at radius 3 is 3.00 bits per heavy atom. The van der Waals surface area contributed by atoms with Gasteiger partial charge in [-0.1, -0.05) is 6.07 Å². The molecule has 16 heavy (non-hydrogen) atoms. The zero-order valence-electron chi connectivity index (χ0n) is 9.56. The Hall–Kier alpha value is -1.55. The molecule has 0 aromatic heterocycles. The van der Waals surface area contributed by atoms with E-state index in [9.17, 15) is 4.79 Å². The maximum Gasteiger partial charge on any atom is 0.230 e. The topological polar surface area (TPSA) is 55.6 Å². The van der Waals surface area contributed by atoms with Crippen molar-refractivity contribution in [2.24, 2.45) is 5.73 Å². The Labute approximate surface area is 95.0 Å². The number of nitrogens with two attached hydrogens (primary N) is 1. The molecular formula is C12H16N2O2. The van der Waals surface area contributed by atoms with Crippen LogP contribution in [0.1, 0.15) is 18.9 Å². The number of amides is 1. The number of hydrogen-bond acceptors (Lipinski definition) is 3. The molecule has 1 aromatic carbocycles. The summed E-state index contributed by atoms with van der Waals surface area (Å²) in [5.74, 6) is 0.818. The summed E-state index contributed by atoms with van der Waals surface area (Å²) in [5, 5.41) is 0. The van der Waals surface area contributed by atoms with Gasteiger partial charge >= 0.3 is 0 Å². The summed E-state index contributed by atoms with van der Waals surface area (Å²) in [6.07, 6.45) is 0.322. The van der Waals surface area contributed by atoms with Crippen LogP contribution < -0.4 is 15.4 Å². The summed E-state index contributed by atoms with van der Waals surface area (Å²) in [7, 11) is 1.77. The molecule has 0 fully saturated rings. The van der Waals surface area contributed by atoms with Crippen LogP contribution in [0.15, 0.2) is 18.2 Å². The normalized spacial score (nSPS) is 20.1. The number of benzene rings is 1. The van der Waals surface area contributed by atoms with E-state index in [4.69, 9.17) is 10.5 Å². The molecule has 4 heteroatoms. The smallest absolute Gasteiger partial charge is 0.230 e. The largest absolute Gasteiger partial charge is 0.488 e. The Morgan fingerprint density at radius 1 is 1.56 bits per heavy atom. The summed E-state index contributed by atoms with van der Waals surface area (Å²) in [6, 6.07) is 5.71. The van der Waals surface area contributed by atoms with E-state index in [1.54, 1.807) is 11.9 Å². The molecule has 1 amide bonds. The van der Waals surface area contributed by atoms with Crippen LogP contribution in [0.25, 0.3) is 0 Å². The fourth-order valence-electron chi connectivity index (χ4n) is 1.83. The summed E-state index contributed by atoms with van der Waals surface area (Å²) in [4.78, 5) is 13.4. The summed E-state index contributed by atoms with van der Waals surface area (Å²) < 4.78 is 5.69. The van der Waals surface area contributed by atoms with Gasteiger partial charge in [0.1, 0.15) is 11.9 Å². The maximum absolute atomic E-state index is 11.8. The molecular weight excluding hydrogens is 204 g/mol. The lowest BCUT2D eigenvalue weighted by molar-refractivity contribution is -0.119. The Balaban J connectivity index is 2.47. The van der Waals surface area contributed by atoms with E-state index < -0.39 is 0 Å². The summed E-state index contributed by atoms with van der Waals surface area (Å²) in [5.41, 5.74) is 7.39. The van der Waals surface area contributed by atoms with Crippen LogP contribution in [-0.2, 0) is 11.3 Å². The van der Waals surface area contributed by atoms with Crippen molar-refractivity contribution in [2.75, 3.05) is 11.9 Å². The first-order valence-corrected chi connectivity index (χ1v) is 5.38. The molecule has 0 spiro atoms. The number of rotatable bonds is 1. The fraction of sp³-hybridized carbons (Fsp3) is 0.417. The van der Waals surface area contributed by atoms with Gasteiger partial charge in [0.2, 0.25) is 5.91 Å². The zero-order valence-corrected chi connectivity index (χ0v) is 9.56. The number of carbonyl (C=O) groups excluding carboxylic acids is 1. The van der Waals surface area contributed by atoms with Crippen molar-refractivity contribution >= 4 is 11.6 Å². The van der Waals surface area contributed by atoms with Gasteiger partial charge in [-0.15, -0.1) is 0 Å². The highest BCUT2D eigenvalue weighted by atomic mass is 16.5. The lowest BCUT2D eigenvalue weighted by Gasteiger charge is -2.17. The molecule has 1 aliphatic rings. The average molecular weight is 220 g/mol. The molecule has 0 aliphatic carbocycles. The van der Waals surface area contributed by atoms with E-state index in [0.717, 1.165) is 17.0 Å². The van der Waals surface area contributed by atoms with Gasteiger partial charge in [0, 0.05) is 13.6 Å². The third-order valence-corrected chi connectivity index (χ3v) is 2.78. The first kappa shape index (κ1) is 11.0. The molecule has 86 valence electrons. The standard InChI is InChI=1S/C12H16N2O2/c1-8-5-12(15)14(2)10-6-9(7-13)3-4-11(10)16-8/h3-4,6,8H,5,7,13H2,1-2H3. The second-order valence-electron chi connectivity index (χ2n) is 4.09. The second kappa shape index (κ2) is 4.14. The molecule has 1 heterocycles. The summed E-state index contributed by atoms with van der Waals surface area (Å²) >= 11 is 0. The van der Waals surface area contributed by atoms with Crippen molar-refractivity contribution in [1.82, 2.24) is 0 Å². The van der Waals surface area contributed by atoms with Crippen molar-refractivity contribution < 1.29 is 9.53 Å². The van der Waals surface area contributed by atoms with Gasteiger partial charge in [0.05, 0.1) is 12.1 Å². The number of fused-ring (bicyclic) bond motifs is 1. The van der Waals surface area contributed by atoms with Gasteiger partial charge in [0.15, 0.2) is 0 Å². The van der Waals surface area contributed by atoms with Crippen LogP contribution in [0.3, 0.4) is 0 Å². The van der Waals surface area contributed by atoms with Gasteiger partial charge in [0.25, 0.3) is 0 Å². The van der Waals surface area contributed by atoms with E-state index in [-0.39, 0.29) is 12.0 Å². The maximum atomic E-state index is 11.8. The third-order valence-electron chi connectivity index (χ3n) is 2.78. The first-order chi connectivity index (χ1) is 7.61. The quantitative estimate of drug-likeness (QED) is 0.775. The molecule has 2 rings (SSSR count). The van der Waals surface area contributed by atoms with Crippen LogP contribution >= 0.6 is 0 Å². The monoisotopic (exact) mass is 220 g/mol. The minimum absolute atomic E-state index is 0.0698. The van der Waals surface area contributed by atoms with Crippen LogP contribution in [-0.4, -0.2) is 19.1 Å². The lowest BCUT2D eigenvalue weighted by atomic mass is 10.1. The number of nitrogens with zero attached hydrogens (tertiary/aromatic N) is 1. The summed E-state index contributed by atoms with van der Waals surface area (Å²) in [6.45, 7) is 2.36. The van der Waals surface area contributed by atoms with Gasteiger partial charge in [-0.2, -0.15) is 0 Å². The van der Waals surface area contributed by atoms with Crippen molar-refractivity contribution in [3.8, 4) is 5.75 Å². The van der Waals surface area contributed by atoms with Crippen molar-refractivity contribution in [1.29, 1.82) is 0 Å². The Kier molecular flexibility index (Phi) is 2.83. The van der Waals surface area contributed by atoms with Crippen LogP contribution in [0, 0.1) is 0 Å². The molecule has 0 saturated carbocycles. The molecule has 2 N–H and O–H groups in total. The van der Waals surface area contributed by atoms with E-state index in [2.05, 4.69) is 0 Å². The van der Waals surface area contributed by atoms with Crippen LogP contribution in [0.2, 0.25) is 0 Å². The van der Waals surface area contributed by atoms with Crippen LogP contribution in [0.5, 0.6) is 5.75 Å². The number of carbonyl (C=O) groups is 1. The lowest BCUT2D eigenvalue weighted by Crippen LogP contribution is -2.27. The number of anilines is 1. The number of ether oxygens (including phenoxy) is 1.